The van der Waals surface area contributed by atoms with Gasteiger partial charge in [-0.15, -0.1) is 0 Å². The highest BCUT2D eigenvalue weighted by atomic mass is 16.6. The number of anilines is 1. The molecule has 0 aromatic heterocycles. The molecule has 0 spiro atoms. The quantitative estimate of drug-likeness (QED) is 0.312. The molecule has 0 bridgehead atoms. The number of amides is 2. The third-order valence-corrected chi connectivity index (χ3v) is 5.37. The van der Waals surface area contributed by atoms with Crippen molar-refractivity contribution in [2.75, 3.05) is 25.2 Å². The number of carbonyl (C=O) groups is 3. The van der Waals surface area contributed by atoms with Crippen molar-refractivity contribution >= 4 is 34.2 Å². The Kier molecular flexibility index (Phi) is 5.80. The molecule has 3 aromatic carbocycles. The maximum absolute atomic E-state index is 13.3. The van der Waals surface area contributed by atoms with E-state index >= 15 is 0 Å². The number of nitrogens with zero attached hydrogens (tertiary/aromatic N) is 1. The predicted molar refractivity (Wildman–Crippen MR) is 124 cm³/mol. The van der Waals surface area contributed by atoms with Crippen LogP contribution in [-0.2, 0) is 9.53 Å². The van der Waals surface area contributed by atoms with E-state index in [1.807, 2.05) is 6.07 Å². The number of para-hydroxylation sites is 1. The molecule has 33 heavy (non-hydrogen) atoms. The second-order valence-corrected chi connectivity index (χ2v) is 8.69. The molecular formula is C26H25NO6. The molecule has 1 aliphatic heterocycles. The Morgan fingerprint density at radius 3 is 2.00 bits per heavy atom. The minimum Gasteiger partial charge on any atom is -0.496 e. The van der Waals surface area contributed by atoms with Crippen LogP contribution >= 0.6 is 0 Å². The Bertz CT molecular complexity index is 1220. The maximum atomic E-state index is 13.3. The van der Waals surface area contributed by atoms with Gasteiger partial charge in [-0.25, -0.2) is 4.90 Å². The van der Waals surface area contributed by atoms with Crippen LogP contribution in [0.3, 0.4) is 0 Å². The fourth-order valence-corrected chi connectivity index (χ4v) is 3.73. The van der Waals surface area contributed by atoms with Gasteiger partial charge < -0.3 is 14.2 Å². The van der Waals surface area contributed by atoms with E-state index in [0.717, 1.165) is 0 Å². The fraction of sp³-hybridized carbons (Fsp3) is 0.269. The van der Waals surface area contributed by atoms with E-state index < -0.39 is 17.2 Å². The van der Waals surface area contributed by atoms with Gasteiger partial charge in [-0.05, 0) is 57.2 Å². The molecule has 0 aliphatic carbocycles. The Hall–Kier alpha value is -3.87. The Morgan fingerprint density at radius 1 is 0.818 bits per heavy atom. The highest BCUT2D eigenvalue weighted by Crippen LogP contribution is 2.41. The van der Waals surface area contributed by atoms with Crippen LogP contribution in [-0.4, -0.2) is 38.1 Å². The van der Waals surface area contributed by atoms with Gasteiger partial charge in [0.2, 0.25) is 0 Å². The van der Waals surface area contributed by atoms with Crippen molar-refractivity contribution in [3.63, 3.8) is 0 Å². The average Bonchev–Trinajstić information content (AvgIpc) is 2.80. The summed E-state index contributed by atoms with van der Waals surface area (Å²) in [5, 5.41) is 1.02. The summed E-state index contributed by atoms with van der Waals surface area (Å²) in [6, 6.07) is 15.5. The molecule has 0 unspecified atom stereocenters. The molecule has 170 valence electrons. The number of imide groups is 1. The number of hydrogen-bond donors (Lipinski definition) is 0. The zero-order valence-electron chi connectivity index (χ0n) is 19.0. The molecule has 1 aliphatic rings. The number of benzene rings is 3. The number of carbonyl (C=O) groups excluding carboxylic acids is 3. The monoisotopic (exact) mass is 447 g/mol. The van der Waals surface area contributed by atoms with Crippen LogP contribution in [0.1, 0.15) is 41.5 Å². The van der Waals surface area contributed by atoms with Crippen LogP contribution in [0, 0.1) is 5.41 Å². The van der Waals surface area contributed by atoms with Gasteiger partial charge in [0.05, 0.1) is 23.6 Å². The fourth-order valence-electron chi connectivity index (χ4n) is 3.73. The maximum Gasteiger partial charge on any atom is 0.311 e. The summed E-state index contributed by atoms with van der Waals surface area (Å²) in [6.07, 6.45) is 0. The topological polar surface area (TPSA) is 82.1 Å². The van der Waals surface area contributed by atoms with Gasteiger partial charge in [0, 0.05) is 16.5 Å². The van der Waals surface area contributed by atoms with E-state index in [1.165, 1.54) is 12.0 Å². The highest BCUT2D eigenvalue weighted by molar-refractivity contribution is 6.36. The van der Waals surface area contributed by atoms with Gasteiger partial charge in [-0.2, -0.15) is 0 Å². The van der Waals surface area contributed by atoms with Crippen molar-refractivity contribution in [3.05, 3.63) is 65.7 Å². The summed E-state index contributed by atoms with van der Waals surface area (Å²) in [7, 11) is 1.52. The Balaban J connectivity index is 1.70. The molecule has 0 atom stereocenters. The van der Waals surface area contributed by atoms with Crippen LogP contribution < -0.4 is 14.4 Å². The minimum absolute atomic E-state index is 0.0704. The zero-order valence-corrected chi connectivity index (χ0v) is 19.0. The molecule has 0 saturated heterocycles. The molecule has 4 rings (SSSR count). The first-order valence-corrected chi connectivity index (χ1v) is 10.6. The van der Waals surface area contributed by atoms with Crippen molar-refractivity contribution in [2.45, 2.75) is 20.8 Å². The van der Waals surface area contributed by atoms with Crippen LogP contribution in [0.5, 0.6) is 11.5 Å². The summed E-state index contributed by atoms with van der Waals surface area (Å²) in [6.45, 7) is 5.52. The van der Waals surface area contributed by atoms with E-state index in [-0.39, 0.29) is 19.2 Å². The molecule has 7 heteroatoms. The first kappa shape index (κ1) is 22.3. The molecule has 0 fully saturated rings. The van der Waals surface area contributed by atoms with Crippen molar-refractivity contribution in [1.29, 1.82) is 0 Å². The van der Waals surface area contributed by atoms with Gasteiger partial charge in [0.1, 0.15) is 24.7 Å². The number of rotatable bonds is 6. The van der Waals surface area contributed by atoms with Crippen molar-refractivity contribution in [3.8, 4) is 11.5 Å². The third-order valence-electron chi connectivity index (χ3n) is 5.37. The van der Waals surface area contributed by atoms with E-state index in [1.54, 1.807) is 69.3 Å². The number of hydrogen-bond acceptors (Lipinski definition) is 6. The molecule has 3 aromatic rings. The molecule has 0 N–H and O–H groups in total. The normalized spacial score (nSPS) is 13.3. The lowest BCUT2D eigenvalue weighted by molar-refractivity contribution is -0.153. The average molecular weight is 447 g/mol. The molecule has 0 saturated carbocycles. The number of ether oxygens (including phenoxy) is 3. The van der Waals surface area contributed by atoms with Gasteiger partial charge in [-0.1, -0.05) is 18.2 Å². The molecule has 7 nitrogen and oxygen atoms in total. The smallest absolute Gasteiger partial charge is 0.311 e. The van der Waals surface area contributed by atoms with Gasteiger partial charge >= 0.3 is 5.97 Å². The Labute approximate surface area is 191 Å². The predicted octanol–water partition coefficient (Wildman–Crippen LogP) is 4.62. The van der Waals surface area contributed by atoms with Crippen LogP contribution in [0.4, 0.5) is 5.69 Å². The van der Waals surface area contributed by atoms with Crippen molar-refractivity contribution < 1.29 is 28.6 Å². The summed E-state index contributed by atoms with van der Waals surface area (Å²) >= 11 is 0. The SMILES string of the molecule is COc1ccc2c3c(ccc(OCCOC(=O)C(C)(C)C)c13)C(=O)N(c1ccccc1)C2=O. The van der Waals surface area contributed by atoms with Crippen LogP contribution in [0.25, 0.3) is 10.8 Å². The number of esters is 1. The minimum atomic E-state index is -0.602. The van der Waals surface area contributed by atoms with E-state index in [2.05, 4.69) is 0 Å². The number of methoxy groups -OCH3 is 1. The lowest BCUT2D eigenvalue weighted by atomic mass is 9.92. The molecule has 1 heterocycles. The lowest BCUT2D eigenvalue weighted by Gasteiger charge is -2.28. The van der Waals surface area contributed by atoms with Crippen LogP contribution in [0.2, 0.25) is 0 Å². The summed E-state index contributed by atoms with van der Waals surface area (Å²) in [5.41, 5.74) is 0.667. The molecular weight excluding hydrogens is 422 g/mol. The first-order chi connectivity index (χ1) is 15.7. The summed E-state index contributed by atoms with van der Waals surface area (Å²) in [5.74, 6) is -0.234. The van der Waals surface area contributed by atoms with Crippen LogP contribution in [0.15, 0.2) is 54.6 Å². The van der Waals surface area contributed by atoms with E-state index in [0.29, 0.717) is 39.1 Å². The third kappa shape index (κ3) is 4.02. The summed E-state index contributed by atoms with van der Waals surface area (Å²) < 4.78 is 16.7. The van der Waals surface area contributed by atoms with E-state index in [9.17, 15) is 14.4 Å². The molecule has 2 amide bonds. The van der Waals surface area contributed by atoms with Gasteiger partial charge in [-0.3, -0.25) is 14.4 Å². The van der Waals surface area contributed by atoms with Gasteiger partial charge in [0.25, 0.3) is 11.8 Å². The van der Waals surface area contributed by atoms with Crippen molar-refractivity contribution in [2.24, 2.45) is 5.41 Å². The van der Waals surface area contributed by atoms with Gasteiger partial charge in [0.15, 0.2) is 0 Å². The second kappa shape index (κ2) is 8.58. The van der Waals surface area contributed by atoms with Crippen molar-refractivity contribution in [1.82, 2.24) is 0 Å². The molecule has 0 radical (unpaired) electrons. The highest BCUT2D eigenvalue weighted by Gasteiger charge is 2.35. The lowest BCUT2D eigenvalue weighted by Crippen LogP contribution is -2.40. The largest absolute Gasteiger partial charge is 0.496 e. The first-order valence-electron chi connectivity index (χ1n) is 10.6. The van der Waals surface area contributed by atoms with E-state index in [4.69, 9.17) is 14.2 Å². The summed E-state index contributed by atoms with van der Waals surface area (Å²) in [4.78, 5) is 39.8. The Morgan fingerprint density at radius 2 is 1.42 bits per heavy atom. The standard InChI is InChI=1S/C26H25NO6/c1-26(2,3)25(30)33-15-14-32-20-13-11-18-21-17(10-12-19(31-4)22(20)21)23(28)27(24(18)29)16-8-6-5-7-9-16/h5-13H,14-15H2,1-4H3. The zero-order chi connectivity index (χ0) is 23.8. The second-order valence-electron chi connectivity index (χ2n) is 8.69.